The van der Waals surface area contributed by atoms with Crippen LogP contribution >= 0.6 is 7.82 Å². The maximum absolute atomic E-state index is 11.9. The zero-order valence-corrected chi connectivity index (χ0v) is 12.5. The zero-order chi connectivity index (χ0) is 16.2. The zero-order valence-electron chi connectivity index (χ0n) is 11.6. The maximum Gasteiger partial charge on any atom is 0.469 e. The molecule has 0 saturated carbocycles. The molecule has 1 aromatic carbocycles. The molecule has 8 heteroatoms. The fourth-order valence-corrected chi connectivity index (χ4v) is 2.45. The van der Waals surface area contributed by atoms with Crippen LogP contribution in [0.2, 0.25) is 0 Å². The lowest BCUT2D eigenvalue weighted by Crippen LogP contribution is -2.08. The highest BCUT2D eigenvalue weighted by molar-refractivity contribution is 7.46. The molecule has 0 atom stereocenters. The van der Waals surface area contributed by atoms with Crippen LogP contribution in [0.4, 0.5) is 0 Å². The van der Waals surface area contributed by atoms with Crippen molar-refractivity contribution in [3.05, 3.63) is 46.3 Å². The van der Waals surface area contributed by atoms with Gasteiger partial charge in [0, 0.05) is 24.3 Å². The Balaban J connectivity index is 2.00. The van der Waals surface area contributed by atoms with E-state index in [0.717, 1.165) is 0 Å². The van der Waals surface area contributed by atoms with Crippen molar-refractivity contribution >= 4 is 24.6 Å². The Morgan fingerprint density at radius 1 is 1.27 bits per heavy atom. The first-order valence-corrected chi connectivity index (χ1v) is 8.12. The molecule has 2 N–H and O–H groups in total. The average molecular weight is 326 g/mol. The Kier molecular flexibility index (Phi) is 5.26. The number of ketones is 1. The van der Waals surface area contributed by atoms with Crippen molar-refractivity contribution < 1.29 is 28.1 Å². The van der Waals surface area contributed by atoms with E-state index in [2.05, 4.69) is 4.52 Å². The van der Waals surface area contributed by atoms with Crippen molar-refractivity contribution in [2.75, 3.05) is 6.61 Å². The minimum atomic E-state index is -4.50. The van der Waals surface area contributed by atoms with E-state index in [1.165, 1.54) is 6.07 Å². The Hall–Kier alpha value is -1.79. The van der Waals surface area contributed by atoms with Crippen molar-refractivity contribution in [3.63, 3.8) is 0 Å². The van der Waals surface area contributed by atoms with E-state index < -0.39 is 13.4 Å². The van der Waals surface area contributed by atoms with Crippen molar-refractivity contribution in [2.24, 2.45) is 0 Å². The third kappa shape index (κ3) is 4.89. The van der Waals surface area contributed by atoms with Crippen molar-refractivity contribution in [2.45, 2.75) is 19.3 Å². The number of phosphoric ester groups is 1. The van der Waals surface area contributed by atoms with Gasteiger partial charge in [-0.15, -0.1) is 0 Å². The largest absolute Gasteiger partial charge is 0.469 e. The fourth-order valence-electron chi connectivity index (χ4n) is 2.08. The van der Waals surface area contributed by atoms with Gasteiger partial charge >= 0.3 is 13.4 Å². The number of Topliss-reactive ketones (excluding diaryl/α,β-unsaturated/α-hetero) is 1. The van der Waals surface area contributed by atoms with E-state index in [1.54, 1.807) is 24.3 Å². The lowest BCUT2D eigenvalue weighted by molar-refractivity contribution is -0.118. The van der Waals surface area contributed by atoms with Crippen molar-refractivity contribution in [1.82, 2.24) is 0 Å². The minimum absolute atomic E-state index is 0.0576. The summed E-state index contributed by atoms with van der Waals surface area (Å²) in [7, 11) is -4.50. The number of fused-ring (bicyclic) bond motifs is 1. The van der Waals surface area contributed by atoms with Crippen LogP contribution in [0, 0.1) is 0 Å². The number of hydrogen-bond acceptors (Lipinski definition) is 5. The topological polar surface area (TPSA) is 114 Å². The summed E-state index contributed by atoms with van der Waals surface area (Å²) in [6.45, 7) is -0.201. The predicted molar refractivity (Wildman–Crippen MR) is 78.4 cm³/mol. The van der Waals surface area contributed by atoms with E-state index in [-0.39, 0.29) is 31.7 Å². The van der Waals surface area contributed by atoms with Crippen LogP contribution in [0.1, 0.15) is 18.4 Å². The Morgan fingerprint density at radius 2 is 2.00 bits per heavy atom. The van der Waals surface area contributed by atoms with E-state index in [4.69, 9.17) is 14.2 Å². The molecule has 7 nitrogen and oxygen atoms in total. The van der Waals surface area contributed by atoms with Gasteiger partial charge in [-0.05, 0) is 18.1 Å². The number of para-hydroxylation sites is 1. The molecule has 1 heterocycles. The van der Waals surface area contributed by atoms with Crippen LogP contribution in [-0.2, 0) is 20.3 Å². The summed E-state index contributed by atoms with van der Waals surface area (Å²) in [5.41, 5.74) is 0.474. The van der Waals surface area contributed by atoms with Crippen LogP contribution in [0.25, 0.3) is 11.0 Å². The molecule has 118 valence electrons. The van der Waals surface area contributed by atoms with Gasteiger partial charge in [-0.1, -0.05) is 18.2 Å². The smallest absolute Gasteiger partial charge is 0.423 e. The van der Waals surface area contributed by atoms with Gasteiger partial charge in [-0.25, -0.2) is 9.36 Å². The Labute approximate surface area is 125 Å². The molecule has 22 heavy (non-hydrogen) atoms. The molecule has 0 saturated heterocycles. The second kappa shape index (κ2) is 6.98. The molecule has 0 spiro atoms. The van der Waals surface area contributed by atoms with Crippen molar-refractivity contribution in [3.8, 4) is 0 Å². The normalized spacial score (nSPS) is 11.7. The summed E-state index contributed by atoms with van der Waals surface area (Å²) in [5, 5.41) is 0.696. The first kappa shape index (κ1) is 16.6. The molecule has 0 aliphatic carbocycles. The second-order valence-electron chi connectivity index (χ2n) is 4.73. The van der Waals surface area contributed by atoms with Gasteiger partial charge in [0.1, 0.15) is 11.4 Å². The monoisotopic (exact) mass is 326 g/mol. The minimum Gasteiger partial charge on any atom is -0.423 e. The molecule has 0 fully saturated rings. The predicted octanol–water partition coefficient (Wildman–Crippen LogP) is 1.79. The summed E-state index contributed by atoms with van der Waals surface area (Å²) in [6, 6.07) is 8.21. The molecule has 0 bridgehead atoms. The third-order valence-electron chi connectivity index (χ3n) is 2.98. The van der Waals surface area contributed by atoms with Crippen molar-refractivity contribution in [1.29, 1.82) is 0 Å². The molecule has 2 rings (SSSR count). The van der Waals surface area contributed by atoms with E-state index in [0.29, 0.717) is 16.5 Å². The molecule has 1 aromatic heterocycles. The van der Waals surface area contributed by atoms with Gasteiger partial charge in [0.2, 0.25) is 0 Å². The molecular weight excluding hydrogens is 311 g/mol. The van der Waals surface area contributed by atoms with Gasteiger partial charge in [-0.2, -0.15) is 0 Å². The summed E-state index contributed by atoms with van der Waals surface area (Å²) in [5.74, 6) is -0.148. The Bertz CT molecular complexity index is 774. The highest BCUT2D eigenvalue weighted by Gasteiger charge is 2.14. The number of carbonyl (C=O) groups is 1. The Morgan fingerprint density at radius 3 is 2.73 bits per heavy atom. The first-order chi connectivity index (χ1) is 10.3. The number of rotatable bonds is 7. The van der Waals surface area contributed by atoms with Crippen LogP contribution in [-0.4, -0.2) is 22.2 Å². The van der Waals surface area contributed by atoms with Gasteiger partial charge in [0.05, 0.1) is 6.61 Å². The lowest BCUT2D eigenvalue weighted by atomic mass is 10.0. The van der Waals surface area contributed by atoms with Crippen LogP contribution in [0.15, 0.2) is 39.5 Å². The highest BCUT2D eigenvalue weighted by atomic mass is 31.2. The van der Waals surface area contributed by atoms with Gasteiger partial charge in [0.25, 0.3) is 0 Å². The first-order valence-electron chi connectivity index (χ1n) is 6.59. The summed E-state index contributed by atoms with van der Waals surface area (Å²) in [4.78, 5) is 40.4. The highest BCUT2D eigenvalue weighted by Crippen LogP contribution is 2.35. The van der Waals surface area contributed by atoms with Gasteiger partial charge < -0.3 is 14.2 Å². The molecule has 0 unspecified atom stereocenters. The van der Waals surface area contributed by atoms with E-state index in [1.807, 2.05) is 0 Å². The number of benzene rings is 1. The molecule has 0 aliphatic heterocycles. The lowest BCUT2D eigenvalue weighted by Gasteiger charge is -2.06. The molecule has 0 aliphatic rings. The molecule has 0 amide bonds. The molecule has 2 aromatic rings. The second-order valence-corrected chi connectivity index (χ2v) is 5.97. The van der Waals surface area contributed by atoms with Crippen LogP contribution in [0.3, 0.4) is 0 Å². The number of carbonyl (C=O) groups excluding carboxylic acids is 1. The fraction of sp³-hybridized carbons (Fsp3) is 0.286. The van der Waals surface area contributed by atoms with E-state index in [9.17, 15) is 14.2 Å². The van der Waals surface area contributed by atoms with Gasteiger partial charge in [0.15, 0.2) is 0 Å². The number of hydrogen-bond donors (Lipinski definition) is 2. The number of phosphoric acid groups is 1. The van der Waals surface area contributed by atoms with Gasteiger partial charge in [-0.3, -0.25) is 9.32 Å². The van der Waals surface area contributed by atoms with Crippen LogP contribution in [0.5, 0.6) is 0 Å². The standard InChI is InChI=1S/C14H15O7P/c15-11(4-3-7-20-22(17,18)19)8-10-9-14(16)21-13-6-2-1-5-12(10)13/h1-2,5-6,9H,3-4,7-8H2,(H2,17,18,19). The summed E-state index contributed by atoms with van der Waals surface area (Å²) >= 11 is 0. The quantitative estimate of drug-likeness (QED) is 0.453. The van der Waals surface area contributed by atoms with Crippen LogP contribution < -0.4 is 5.63 Å². The maximum atomic E-state index is 11.9. The summed E-state index contributed by atoms with van der Waals surface area (Å²) in [6.07, 6.45) is 0.361. The summed E-state index contributed by atoms with van der Waals surface area (Å²) < 4.78 is 19.8. The average Bonchev–Trinajstić information content (AvgIpc) is 2.42. The molecular formula is C14H15O7P. The molecule has 0 radical (unpaired) electrons. The SMILES string of the molecule is O=C(CCCOP(=O)(O)O)Cc1cc(=O)oc2ccccc12. The third-order valence-corrected chi connectivity index (χ3v) is 3.50. The van der Waals surface area contributed by atoms with E-state index >= 15 is 0 Å².